The fraction of sp³-hybridized carbons (Fsp3) is 0.714. The summed E-state index contributed by atoms with van der Waals surface area (Å²) in [7, 11) is 1.72. The normalized spacial score (nSPS) is 10.6. The molecule has 0 aromatic carbocycles. The molecule has 0 aliphatic rings. The van der Waals surface area contributed by atoms with Gasteiger partial charge in [0.1, 0.15) is 0 Å². The van der Waals surface area contributed by atoms with Crippen molar-refractivity contribution in [1.82, 2.24) is 14.8 Å². The second kappa shape index (κ2) is 5.49. The largest absolute Gasteiger partial charge is 0.343 e. The molecule has 0 aliphatic carbocycles. The van der Waals surface area contributed by atoms with Gasteiger partial charge in [0.15, 0.2) is 5.16 Å². The van der Waals surface area contributed by atoms with E-state index in [4.69, 9.17) is 0 Å². The first-order valence-corrected chi connectivity index (χ1v) is 6.16. The van der Waals surface area contributed by atoms with Crippen LogP contribution >= 0.6 is 27.7 Å². The molecule has 0 spiro atoms. The molecule has 0 radical (unpaired) electrons. The molecule has 1 rings (SSSR count). The van der Waals surface area contributed by atoms with Crippen LogP contribution in [0.2, 0.25) is 0 Å². The van der Waals surface area contributed by atoms with Crippen LogP contribution in [0.5, 0.6) is 0 Å². The summed E-state index contributed by atoms with van der Waals surface area (Å²) in [4.78, 5) is 11.0. The first kappa shape index (κ1) is 10.8. The van der Waals surface area contributed by atoms with Gasteiger partial charge >= 0.3 is 5.69 Å². The number of halogens is 1. The summed E-state index contributed by atoms with van der Waals surface area (Å²) in [6.07, 6.45) is 2.29. The standard InChI is InChI=1S/C7H12BrN3OS/c1-11-6(12)9-10-7(11)13-5-3-2-4-8/h2-5H2,1H3,(H,9,12). The van der Waals surface area contributed by atoms with Crippen molar-refractivity contribution in [1.29, 1.82) is 0 Å². The highest BCUT2D eigenvalue weighted by Crippen LogP contribution is 2.13. The molecule has 0 amide bonds. The third-order valence-electron chi connectivity index (χ3n) is 1.60. The second-order valence-corrected chi connectivity index (χ2v) is 4.47. The van der Waals surface area contributed by atoms with Gasteiger partial charge in [-0.15, -0.1) is 5.10 Å². The summed E-state index contributed by atoms with van der Waals surface area (Å²) in [6, 6.07) is 0. The van der Waals surface area contributed by atoms with Gasteiger partial charge in [-0.05, 0) is 12.8 Å². The average molecular weight is 266 g/mol. The highest BCUT2D eigenvalue weighted by Gasteiger charge is 2.03. The van der Waals surface area contributed by atoms with Crippen LogP contribution in [0, 0.1) is 0 Å². The SMILES string of the molecule is Cn1c(SCCCCBr)n[nH]c1=O. The van der Waals surface area contributed by atoms with Crippen LogP contribution in [0.1, 0.15) is 12.8 Å². The lowest BCUT2D eigenvalue weighted by molar-refractivity contribution is 0.764. The van der Waals surface area contributed by atoms with Gasteiger partial charge < -0.3 is 0 Å². The van der Waals surface area contributed by atoms with Crippen LogP contribution in [-0.2, 0) is 7.05 Å². The topological polar surface area (TPSA) is 50.7 Å². The first-order chi connectivity index (χ1) is 6.25. The van der Waals surface area contributed by atoms with Gasteiger partial charge in [-0.3, -0.25) is 4.57 Å². The first-order valence-electron chi connectivity index (χ1n) is 4.06. The molecule has 0 aliphatic heterocycles. The monoisotopic (exact) mass is 265 g/mol. The zero-order valence-corrected chi connectivity index (χ0v) is 9.82. The molecule has 1 heterocycles. The van der Waals surface area contributed by atoms with E-state index in [-0.39, 0.29) is 5.69 Å². The van der Waals surface area contributed by atoms with E-state index in [1.807, 2.05) is 0 Å². The molecule has 1 aromatic rings. The molecule has 6 heteroatoms. The molecule has 0 bridgehead atoms. The number of alkyl halides is 1. The van der Waals surface area contributed by atoms with E-state index in [0.29, 0.717) is 0 Å². The number of hydrogen-bond donors (Lipinski definition) is 1. The number of aromatic amines is 1. The minimum atomic E-state index is -0.150. The lowest BCUT2D eigenvalue weighted by Crippen LogP contribution is -2.12. The van der Waals surface area contributed by atoms with Crippen LogP contribution in [-0.4, -0.2) is 25.8 Å². The number of thioether (sulfide) groups is 1. The summed E-state index contributed by atoms with van der Waals surface area (Å²) < 4.78 is 1.53. The van der Waals surface area contributed by atoms with Gasteiger partial charge in [0.2, 0.25) is 0 Å². The molecule has 0 saturated carbocycles. The Morgan fingerprint density at radius 2 is 2.38 bits per heavy atom. The van der Waals surface area contributed by atoms with Crippen molar-refractivity contribution < 1.29 is 0 Å². The molecule has 1 aromatic heterocycles. The van der Waals surface area contributed by atoms with Crippen molar-refractivity contribution in [2.45, 2.75) is 18.0 Å². The molecular formula is C7H12BrN3OS. The maximum absolute atomic E-state index is 11.0. The summed E-state index contributed by atoms with van der Waals surface area (Å²) in [5, 5.41) is 8.09. The van der Waals surface area contributed by atoms with E-state index < -0.39 is 0 Å². The Morgan fingerprint density at radius 3 is 2.92 bits per heavy atom. The maximum atomic E-state index is 11.0. The highest BCUT2D eigenvalue weighted by atomic mass is 79.9. The predicted octanol–water partition coefficient (Wildman–Crippen LogP) is 1.38. The molecule has 0 fully saturated rings. The number of rotatable bonds is 5. The molecule has 0 unspecified atom stereocenters. The van der Waals surface area contributed by atoms with E-state index in [9.17, 15) is 4.79 Å². The zero-order valence-electron chi connectivity index (χ0n) is 7.42. The van der Waals surface area contributed by atoms with Crippen molar-refractivity contribution in [3.8, 4) is 0 Å². The summed E-state index contributed by atoms with van der Waals surface area (Å²) in [5.74, 6) is 1.00. The van der Waals surface area contributed by atoms with Crippen molar-refractivity contribution in [2.75, 3.05) is 11.1 Å². The number of H-pyrrole nitrogens is 1. The van der Waals surface area contributed by atoms with Gasteiger partial charge in [0.25, 0.3) is 0 Å². The maximum Gasteiger partial charge on any atom is 0.343 e. The minimum Gasteiger partial charge on any atom is -0.273 e. The van der Waals surface area contributed by atoms with Crippen LogP contribution in [0.25, 0.3) is 0 Å². The molecule has 74 valence electrons. The molecule has 4 nitrogen and oxygen atoms in total. The van der Waals surface area contributed by atoms with Crippen molar-refractivity contribution in [2.24, 2.45) is 7.05 Å². The highest BCUT2D eigenvalue weighted by molar-refractivity contribution is 9.09. The fourth-order valence-corrected chi connectivity index (χ4v) is 2.14. The Hall–Kier alpha value is -0.230. The van der Waals surface area contributed by atoms with Crippen LogP contribution in [0.3, 0.4) is 0 Å². The predicted molar refractivity (Wildman–Crippen MR) is 57.6 cm³/mol. The Kier molecular flexibility index (Phi) is 4.58. The Bertz CT molecular complexity index is 309. The molecule has 13 heavy (non-hydrogen) atoms. The Labute approximate surface area is 89.2 Å². The van der Waals surface area contributed by atoms with E-state index in [0.717, 1.165) is 29.1 Å². The van der Waals surface area contributed by atoms with E-state index in [1.165, 1.54) is 4.57 Å². The number of unbranched alkanes of at least 4 members (excludes halogenated alkanes) is 1. The number of aromatic nitrogens is 3. The number of nitrogens with one attached hydrogen (secondary N) is 1. The summed E-state index contributed by atoms with van der Waals surface area (Å²) >= 11 is 4.98. The van der Waals surface area contributed by atoms with Gasteiger partial charge in [0.05, 0.1) is 0 Å². The Balaban J connectivity index is 2.37. The lowest BCUT2D eigenvalue weighted by atomic mass is 10.4. The van der Waals surface area contributed by atoms with Crippen molar-refractivity contribution in [3.63, 3.8) is 0 Å². The number of nitrogens with zero attached hydrogens (tertiary/aromatic N) is 2. The quantitative estimate of drug-likeness (QED) is 0.497. The fourth-order valence-electron chi connectivity index (χ4n) is 0.822. The summed E-state index contributed by atoms with van der Waals surface area (Å²) in [5.41, 5.74) is -0.150. The van der Waals surface area contributed by atoms with Crippen molar-refractivity contribution >= 4 is 27.7 Å². The summed E-state index contributed by atoms with van der Waals surface area (Å²) in [6.45, 7) is 0. The van der Waals surface area contributed by atoms with Crippen LogP contribution < -0.4 is 5.69 Å². The van der Waals surface area contributed by atoms with E-state index in [2.05, 4.69) is 26.1 Å². The van der Waals surface area contributed by atoms with Gasteiger partial charge in [-0.1, -0.05) is 27.7 Å². The van der Waals surface area contributed by atoms with E-state index >= 15 is 0 Å². The van der Waals surface area contributed by atoms with E-state index in [1.54, 1.807) is 18.8 Å². The minimum absolute atomic E-state index is 0.150. The zero-order chi connectivity index (χ0) is 9.68. The van der Waals surface area contributed by atoms with Crippen molar-refractivity contribution in [3.05, 3.63) is 10.5 Å². The smallest absolute Gasteiger partial charge is 0.273 e. The van der Waals surface area contributed by atoms with Gasteiger partial charge in [-0.25, -0.2) is 9.89 Å². The third-order valence-corrected chi connectivity index (χ3v) is 3.27. The lowest BCUT2D eigenvalue weighted by Gasteiger charge is -1.97. The molecule has 0 atom stereocenters. The second-order valence-electron chi connectivity index (χ2n) is 2.61. The number of hydrogen-bond acceptors (Lipinski definition) is 3. The Morgan fingerprint density at radius 1 is 1.62 bits per heavy atom. The molecular weight excluding hydrogens is 254 g/mol. The molecule has 0 saturated heterocycles. The van der Waals surface area contributed by atoms with Gasteiger partial charge in [0, 0.05) is 18.1 Å². The van der Waals surface area contributed by atoms with Crippen LogP contribution in [0.15, 0.2) is 9.95 Å². The van der Waals surface area contributed by atoms with Crippen LogP contribution in [0.4, 0.5) is 0 Å². The molecule has 1 N–H and O–H groups in total. The average Bonchev–Trinajstić information content (AvgIpc) is 2.43. The third kappa shape index (κ3) is 3.19. The van der Waals surface area contributed by atoms with Gasteiger partial charge in [-0.2, -0.15) is 0 Å².